The molecule has 0 N–H and O–H groups in total. The molecule has 0 aliphatic rings. The second-order valence-electron chi connectivity index (χ2n) is 31.9. The molecule has 0 fully saturated rings. The van der Waals surface area contributed by atoms with Gasteiger partial charge in [-0.2, -0.15) is 26.3 Å². The molecule has 610 valence electrons. The van der Waals surface area contributed by atoms with Gasteiger partial charge in [-0.25, -0.2) is 19.8 Å². The van der Waals surface area contributed by atoms with Crippen molar-refractivity contribution >= 4 is 120 Å². The molecule has 131 heavy (non-hydrogen) atoms. The fourth-order valence-corrected chi connectivity index (χ4v) is 18.0. The number of imidazole rings is 3. The van der Waals surface area contributed by atoms with Gasteiger partial charge in [0, 0.05) is 75.8 Å². The molecule has 0 saturated carbocycles. The number of benzene rings is 18. The molecule has 18 aromatic carbocycles. The van der Waals surface area contributed by atoms with E-state index in [1.807, 2.05) is 243 Å². The third kappa shape index (κ3) is 14.3. The summed E-state index contributed by atoms with van der Waals surface area (Å²) >= 11 is 0. The van der Waals surface area contributed by atoms with E-state index in [0.29, 0.717) is 88.4 Å². The summed E-state index contributed by atoms with van der Waals surface area (Å²) in [5.74, 6) is 0. The molecule has 15 nitrogen and oxygen atoms in total. The lowest BCUT2D eigenvalue weighted by Crippen LogP contribution is -2.14. The van der Waals surface area contributed by atoms with Gasteiger partial charge in [0.15, 0.2) is 5.69 Å². The van der Waals surface area contributed by atoms with Crippen LogP contribution in [0.4, 0.5) is 5.69 Å². The Morgan fingerprint density at radius 3 is 1.00 bits per heavy atom. The molecule has 0 aliphatic heterocycles. The van der Waals surface area contributed by atoms with Crippen molar-refractivity contribution in [3.8, 4) is 108 Å². The fraction of sp³-hybridized carbons (Fsp3) is 0.0172. The first-order valence-corrected chi connectivity index (χ1v) is 42.3. The Morgan fingerprint density at radius 2 is 0.603 bits per heavy atom. The molecule has 6 aromatic heterocycles. The van der Waals surface area contributed by atoms with Crippen LogP contribution in [0.2, 0.25) is 0 Å². The summed E-state index contributed by atoms with van der Waals surface area (Å²) in [5, 5.41) is 57.0. The Morgan fingerprint density at radius 1 is 0.267 bits per heavy atom. The summed E-state index contributed by atoms with van der Waals surface area (Å²) in [5.41, 5.74) is 24.3. The maximum atomic E-state index is 14.4. The van der Waals surface area contributed by atoms with Crippen LogP contribution < -0.4 is 16.7 Å². The highest BCUT2D eigenvalue weighted by atomic mass is 16.1. The lowest BCUT2D eigenvalue weighted by atomic mass is 9.91. The van der Waals surface area contributed by atoms with Gasteiger partial charge in [0.25, 0.3) is 16.7 Å². The van der Waals surface area contributed by atoms with Crippen LogP contribution in [-0.2, 0) is 0 Å². The zero-order valence-electron chi connectivity index (χ0n) is 70.4. The van der Waals surface area contributed by atoms with E-state index in [9.17, 15) is 40.7 Å². The van der Waals surface area contributed by atoms with Crippen molar-refractivity contribution in [3.05, 3.63) is 458 Å². The molecular weight excluding hydrogens is 1610 g/mol. The van der Waals surface area contributed by atoms with Gasteiger partial charge in [-0.1, -0.05) is 272 Å². The van der Waals surface area contributed by atoms with Crippen LogP contribution >= 0.6 is 0 Å². The summed E-state index contributed by atoms with van der Waals surface area (Å²) < 4.78 is 5.03. The summed E-state index contributed by atoms with van der Waals surface area (Å²) in [6.07, 6.45) is 0. The van der Waals surface area contributed by atoms with Gasteiger partial charge in [-0.05, 0) is 196 Å². The van der Waals surface area contributed by atoms with Gasteiger partial charge in [0.2, 0.25) is 0 Å². The van der Waals surface area contributed by atoms with E-state index in [1.165, 1.54) is 11.1 Å². The predicted octanol–water partition coefficient (Wildman–Crippen LogP) is 26.3. The number of pyridine rings is 3. The van der Waals surface area contributed by atoms with Crippen LogP contribution in [0.15, 0.2) is 390 Å². The Kier molecular flexibility index (Phi) is 20.9. The largest absolute Gasteiger partial charge is 0.268 e. The van der Waals surface area contributed by atoms with Gasteiger partial charge in [0.1, 0.15) is 16.9 Å². The molecule has 0 saturated heterocycles. The van der Waals surface area contributed by atoms with Crippen LogP contribution in [0.1, 0.15) is 38.9 Å². The first-order valence-electron chi connectivity index (χ1n) is 42.3. The van der Waals surface area contributed by atoms with Gasteiger partial charge in [0.05, 0.1) is 97.8 Å². The number of aryl methyl sites for hydroxylation is 2. The highest BCUT2D eigenvalue weighted by Crippen LogP contribution is 2.45. The van der Waals surface area contributed by atoms with Crippen LogP contribution in [0, 0.1) is 77.1 Å². The molecule has 6 heterocycles. The summed E-state index contributed by atoms with van der Waals surface area (Å²) in [7, 11) is 0. The summed E-state index contributed by atoms with van der Waals surface area (Å²) in [6, 6.07) is 132. The topological polar surface area (TPSA) is 226 Å². The quantitative estimate of drug-likeness (QED) is 0.136. The summed E-state index contributed by atoms with van der Waals surface area (Å²) in [6.45, 7) is 11.5. The van der Waals surface area contributed by atoms with E-state index in [2.05, 4.69) is 134 Å². The molecule has 0 atom stereocenters. The molecule has 0 unspecified atom stereocenters. The second kappa shape index (κ2) is 34.0. The van der Waals surface area contributed by atoms with Crippen LogP contribution in [0.3, 0.4) is 0 Å². The first kappa shape index (κ1) is 80.5. The Bertz CT molecular complexity index is 8990. The van der Waals surface area contributed by atoms with Gasteiger partial charge >= 0.3 is 0 Å². The molecule has 0 amide bonds. The molecule has 24 rings (SSSR count). The number of rotatable bonds is 7. The van der Waals surface area contributed by atoms with Crippen molar-refractivity contribution < 1.29 is 0 Å². The molecule has 15 heteroatoms. The molecule has 0 spiro atoms. The highest BCUT2D eigenvalue weighted by molar-refractivity contribution is 6.24. The highest BCUT2D eigenvalue weighted by Gasteiger charge is 2.27. The molecule has 24 aromatic rings. The number of nitrogens with zero attached hydrogens (tertiary/aromatic N) is 12. The van der Waals surface area contributed by atoms with E-state index >= 15 is 0 Å². The van der Waals surface area contributed by atoms with Gasteiger partial charge in [-0.15, -0.1) is 0 Å². The van der Waals surface area contributed by atoms with Crippen LogP contribution in [-0.4, -0.2) is 28.2 Å². The van der Waals surface area contributed by atoms with Crippen molar-refractivity contribution in [2.45, 2.75) is 13.8 Å². The van der Waals surface area contributed by atoms with Crippen molar-refractivity contribution in [1.29, 1.82) is 26.3 Å². The minimum atomic E-state index is -0.202. The zero-order valence-corrected chi connectivity index (χ0v) is 70.4. The molecule has 0 radical (unpaired) electrons. The van der Waals surface area contributed by atoms with E-state index < -0.39 is 0 Å². The molecule has 0 aliphatic carbocycles. The fourth-order valence-electron chi connectivity index (χ4n) is 18.0. The van der Waals surface area contributed by atoms with E-state index in [4.69, 9.17) is 21.5 Å². The minimum Gasteiger partial charge on any atom is -0.268 e. The number of aromatic nitrogens is 6. The monoisotopic (exact) mass is 1680 g/mol. The maximum Gasteiger partial charge on any atom is 0.264 e. The van der Waals surface area contributed by atoms with Gasteiger partial charge in [-0.3, -0.25) is 27.6 Å². The van der Waals surface area contributed by atoms with Crippen molar-refractivity contribution in [2.24, 2.45) is 0 Å². The van der Waals surface area contributed by atoms with Crippen LogP contribution in [0.25, 0.3) is 197 Å². The number of hydrogen-bond acceptors (Lipinski definition) is 11. The molecular formula is C116H68N12O3. The van der Waals surface area contributed by atoms with Crippen molar-refractivity contribution in [3.63, 3.8) is 0 Å². The molecule has 0 bridgehead atoms. The van der Waals surface area contributed by atoms with E-state index in [-0.39, 0.29) is 16.7 Å². The van der Waals surface area contributed by atoms with E-state index in [1.54, 1.807) is 61.7 Å². The SMILES string of the molecule is Cc1ccccc1.Cc1ccccc1.N#Cc1ccc(-c2ccc3c(=O)n4c(nc5cc(-c6ccccc6)cc(-c6ccccc6)c54)c4ccc(C#N)c2c34)cc1.N#Cc1ccc(-c2ccc3c(=O)n4c5cc(-c6ccccc6)cc(-c6ccccc6)c5nc4c4ccc(C#N)c2c34)cc1.[C-]#[N+]c1ccc2nc3c4ccc(C#N)c5c(-c6ccccc6)ccc(c(=O)n3c2c1)c54. The van der Waals surface area contributed by atoms with Crippen molar-refractivity contribution in [2.75, 3.05) is 0 Å². The third-order valence-corrected chi connectivity index (χ3v) is 24.1. The van der Waals surface area contributed by atoms with Gasteiger partial charge < -0.3 is 0 Å². The Hall–Kier alpha value is -18.9. The standard InChI is InChI=1S/2C38H20N4O.C26H12N4O.2C7H8/c39-21-23-11-13-26(14-12-23)29-17-18-31-35-30(16-15-27(22-40)34(29)35)37-41-36-32(25-9-5-2-6-10-25)19-28(24-7-3-1-4-8-24)20-33(36)42(37)38(31)43;39-21-23-11-13-26(14-12-23)29-17-18-31-35-30(16-15-27(22-40)34(29)35)37-41-33-20-28(24-7-3-1-4-8-24)19-32(25-9-5-2-6-10-25)36(33)42(37)38(31)43;1-28-17-8-12-21-22(13-17)30-25(29-21)19-9-7-16(14-27)23-18(15-5-3-2-4-6-15)10-11-20(24(19)23)26(30)31;2*1-7-5-3-2-4-6-7/h2*1-20H;2-13H;2*2-6H,1H3. The van der Waals surface area contributed by atoms with Crippen LogP contribution in [0.5, 0.6) is 0 Å². The first-order chi connectivity index (χ1) is 64.3. The Labute approximate surface area is 749 Å². The average molecular weight is 1680 g/mol. The number of fused-ring (bicyclic) bond motifs is 12. The number of nitriles is 5. The van der Waals surface area contributed by atoms with E-state index in [0.717, 1.165) is 138 Å². The lowest BCUT2D eigenvalue weighted by Gasteiger charge is -2.14. The summed E-state index contributed by atoms with van der Waals surface area (Å²) in [4.78, 5) is 60.9. The number of hydrogen-bond donors (Lipinski definition) is 0. The van der Waals surface area contributed by atoms with Crippen molar-refractivity contribution in [1.82, 2.24) is 28.2 Å². The third-order valence-electron chi connectivity index (χ3n) is 24.1. The normalized spacial score (nSPS) is 11.0. The predicted molar refractivity (Wildman–Crippen MR) is 526 cm³/mol. The minimum absolute atomic E-state index is 0.180. The lowest BCUT2D eigenvalue weighted by molar-refractivity contribution is 1.19. The second-order valence-corrected chi connectivity index (χ2v) is 31.9. The average Bonchev–Trinajstić information content (AvgIpc) is 1.63. The maximum absolute atomic E-state index is 14.4. The smallest absolute Gasteiger partial charge is 0.264 e. The zero-order chi connectivity index (χ0) is 89.5. The Balaban J connectivity index is 0.000000115.